The van der Waals surface area contributed by atoms with Gasteiger partial charge in [0.05, 0.1) is 11.4 Å². The quantitative estimate of drug-likeness (QED) is 0.500. The third kappa shape index (κ3) is 4.66. The summed E-state index contributed by atoms with van der Waals surface area (Å²) in [6, 6.07) is 11.9. The zero-order valence-corrected chi connectivity index (χ0v) is 12.6. The van der Waals surface area contributed by atoms with Gasteiger partial charge in [0.25, 0.3) is 0 Å². The molecule has 0 atom stereocenters. The number of pyridine rings is 1. The van der Waals surface area contributed by atoms with E-state index in [0.717, 1.165) is 29.4 Å². The smallest absolute Gasteiger partial charge is 0.170 e. The van der Waals surface area contributed by atoms with E-state index in [-0.39, 0.29) is 0 Å². The Morgan fingerprint density at radius 1 is 1.00 bits per heavy atom. The highest BCUT2D eigenvalue weighted by molar-refractivity contribution is 7.98. The number of nitrogens with one attached hydrogen (secondary N) is 1. The summed E-state index contributed by atoms with van der Waals surface area (Å²) in [5.41, 5.74) is 2.82. The SMILES string of the molecule is CSCCNc1ccc(N=Nc2cc[n+](C)cc2)cc1. The second kappa shape index (κ2) is 7.65. The highest BCUT2D eigenvalue weighted by atomic mass is 32.2. The monoisotopic (exact) mass is 287 g/mol. The molecule has 0 spiro atoms. The van der Waals surface area contributed by atoms with Crippen LogP contribution in [0.2, 0.25) is 0 Å². The average molecular weight is 287 g/mol. The van der Waals surface area contributed by atoms with Crippen molar-refractivity contribution in [2.75, 3.05) is 23.9 Å². The van der Waals surface area contributed by atoms with E-state index in [0.29, 0.717) is 0 Å². The van der Waals surface area contributed by atoms with Crippen molar-refractivity contribution < 1.29 is 4.57 Å². The fourth-order valence-electron chi connectivity index (χ4n) is 1.62. The van der Waals surface area contributed by atoms with Crippen LogP contribution in [-0.2, 0) is 7.05 Å². The van der Waals surface area contributed by atoms with E-state index in [4.69, 9.17) is 0 Å². The minimum Gasteiger partial charge on any atom is -0.384 e. The summed E-state index contributed by atoms with van der Waals surface area (Å²) < 4.78 is 1.97. The van der Waals surface area contributed by atoms with Crippen molar-refractivity contribution in [1.29, 1.82) is 0 Å². The number of aryl methyl sites for hydroxylation is 1. The zero-order chi connectivity index (χ0) is 14.2. The standard InChI is InChI=1S/C15H18N4S/c1-19-10-7-15(8-11-19)18-17-14-5-3-13(4-6-14)16-9-12-20-2/h3-8,10-11H,9,12H2,1-2H3/p+1. The number of thioether (sulfide) groups is 1. The average Bonchev–Trinajstić information content (AvgIpc) is 2.48. The number of nitrogens with zero attached hydrogens (tertiary/aromatic N) is 3. The first-order valence-corrected chi connectivity index (χ1v) is 7.87. The molecule has 0 bridgehead atoms. The van der Waals surface area contributed by atoms with Crippen LogP contribution in [0.3, 0.4) is 0 Å². The molecule has 1 aromatic heterocycles. The summed E-state index contributed by atoms with van der Waals surface area (Å²) in [6.07, 6.45) is 6.01. The molecule has 104 valence electrons. The molecule has 0 aliphatic heterocycles. The van der Waals surface area contributed by atoms with Gasteiger partial charge in [0.15, 0.2) is 12.4 Å². The van der Waals surface area contributed by atoms with E-state index in [1.807, 2.05) is 72.2 Å². The molecule has 1 aromatic carbocycles. The lowest BCUT2D eigenvalue weighted by Gasteiger charge is -2.04. The minimum absolute atomic E-state index is 0.852. The van der Waals surface area contributed by atoms with Crippen LogP contribution in [-0.4, -0.2) is 18.6 Å². The first-order valence-electron chi connectivity index (χ1n) is 6.48. The van der Waals surface area contributed by atoms with Crippen LogP contribution in [0.1, 0.15) is 0 Å². The molecule has 0 amide bonds. The summed E-state index contributed by atoms with van der Waals surface area (Å²) >= 11 is 1.83. The van der Waals surface area contributed by atoms with Gasteiger partial charge in [0.2, 0.25) is 0 Å². The second-order valence-electron chi connectivity index (χ2n) is 4.39. The number of benzene rings is 1. The van der Waals surface area contributed by atoms with Crippen LogP contribution in [0.5, 0.6) is 0 Å². The lowest BCUT2D eigenvalue weighted by atomic mass is 10.3. The maximum Gasteiger partial charge on any atom is 0.170 e. The molecule has 20 heavy (non-hydrogen) atoms. The molecule has 1 N–H and O–H groups in total. The van der Waals surface area contributed by atoms with Crippen molar-refractivity contribution in [3.8, 4) is 0 Å². The molecule has 2 rings (SSSR count). The maximum absolute atomic E-state index is 4.23. The molecule has 0 saturated heterocycles. The van der Waals surface area contributed by atoms with Gasteiger partial charge in [-0.1, -0.05) is 0 Å². The van der Waals surface area contributed by atoms with Crippen molar-refractivity contribution in [2.45, 2.75) is 0 Å². The Bertz CT molecular complexity index is 549. The first-order chi connectivity index (χ1) is 9.78. The topological polar surface area (TPSA) is 40.6 Å². The fraction of sp³-hybridized carbons (Fsp3) is 0.267. The Labute approximate surface area is 123 Å². The maximum atomic E-state index is 4.23. The Morgan fingerprint density at radius 3 is 2.20 bits per heavy atom. The van der Waals surface area contributed by atoms with Crippen molar-refractivity contribution in [3.05, 3.63) is 48.8 Å². The normalized spacial score (nSPS) is 10.9. The number of azo groups is 1. The summed E-state index contributed by atoms with van der Waals surface area (Å²) in [5, 5.41) is 11.8. The number of hydrogen-bond donors (Lipinski definition) is 1. The van der Waals surface area contributed by atoms with Crippen molar-refractivity contribution >= 4 is 28.8 Å². The van der Waals surface area contributed by atoms with Gasteiger partial charge in [-0.3, -0.25) is 0 Å². The van der Waals surface area contributed by atoms with Crippen LogP contribution >= 0.6 is 11.8 Å². The van der Waals surface area contributed by atoms with Crippen LogP contribution in [0.15, 0.2) is 59.0 Å². The van der Waals surface area contributed by atoms with E-state index in [2.05, 4.69) is 21.8 Å². The van der Waals surface area contributed by atoms with E-state index < -0.39 is 0 Å². The second-order valence-corrected chi connectivity index (χ2v) is 5.37. The predicted octanol–water partition coefficient (Wildman–Crippen LogP) is 3.70. The number of rotatable bonds is 6. The van der Waals surface area contributed by atoms with Crippen LogP contribution in [0, 0.1) is 0 Å². The fourth-order valence-corrected chi connectivity index (χ4v) is 1.92. The third-order valence-electron chi connectivity index (χ3n) is 2.74. The molecule has 0 radical (unpaired) electrons. The van der Waals surface area contributed by atoms with Crippen molar-refractivity contribution in [1.82, 2.24) is 0 Å². The van der Waals surface area contributed by atoms with Gasteiger partial charge in [-0.25, -0.2) is 4.57 Å². The Morgan fingerprint density at radius 2 is 1.60 bits per heavy atom. The molecular weight excluding hydrogens is 268 g/mol. The van der Waals surface area contributed by atoms with Gasteiger partial charge >= 0.3 is 0 Å². The lowest BCUT2D eigenvalue weighted by Crippen LogP contribution is -2.25. The van der Waals surface area contributed by atoms with Gasteiger partial charge < -0.3 is 5.32 Å². The Balaban J connectivity index is 1.94. The van der Waals surface area contributed by atoms with Crippen LogP contribution in [0.4, 0.5) is 17.1 Å². The van der Waals surface area contributed by atoms with E-state index >= 15 is 0 Å². The third-order valence-corrected chi connectivity index (χ3v) is 3.36. The van der Waals surface area contributed by atoms with Gasteiger partial charge in [0, 0.05) is 30.1 Å². The highest BCUT2D eigenvalue weighted by Gasteiger charge is 1.95. The van der Waals surface area contributed by atoms with Crippen LogP contribution in [0.25, 0.3) is 0 Å². The Kier molecular flexibility index (Phi) is 5.55. The van der Waals surface area contributed by atoms with Crippen molar-refractivity contribution in [3.63, 3.8) is 0 Å². The minimum atomic E-state index is 0.852. The molecule has 2 aromatic rings. The van der Waals surface area contributed by atoms with Gasteiger partial charge in [-0.2, -0.15) is 22.0 Å². The Hall–Kier alpha value is -1.88. The van der Waals surface area contributed by atoms with Crippen molar-refractivity contribution in [2.24, 2.45) is 17.3 Å². The molecule has 0 saturated carbocycles. The number of anilines is 1. The van der Waals surface area contributed by atoms with E-state index in [1.165, 1.54) is 0 Å². The largest absolute Gasteiger partial charge is 0.384 e. The molecular formula is C15H19N4S+. The molecule has 1 heterocycles. The predicted molar refractivity (Wildman–Crippen MR) is 85.1 cm³/mol. The molecule has 0 unspecified atom stereocenters. The lowest BCUT2D eigenvalue weighted by molar-refractivity contribution is -0.671. The number of hydrogen-bond acceptors (Lipinski definition) is 4. The van der Waals surface area contributed by atoms with E-state index in [9.17, 15) is 0 Å². The summed E-state index contributed by atoms with van der Waals surface area (Å²) in [6.45, 7) is 0.975. The number of aromatic nitrogens is 1. The van der Waals surface area contributed by atoms with Gasteiger partial charge in [-0.15, -0.1) is 0 Å². The molecule has 0 aliphatic rings. The summed E-state index contributed by atoms with van der Waals surface area (Å²) in [5.74, 6) is 1.10. The van der Waals surface area contributed by atoms with Gasteiger partial charge in [0.1, 0.15) is 7.05 Å². The molecule has 0 fully saturated rings. The molecule has 0 aliphatic carbocycles. The van der Waals surface area contributed by atoms with Gasteiger partial charge in [-0.05, 0) is 30.5 Å². The highest BCUT2D eigenvalue weighted by Crippen LogP contribution is 2.19. The van der Waals surface area contributed by atoms with Crippen LogP contribution < -0.4 is 9.88 Å². The summed E-state index contributed by atoms with van der Waals surface area (Å²) in [7, 11) is 1.98. The summed E-state index contributed by atoms with van der Waals surface area (Å²) in [4.78, 5) is 0. The molecule has 5 heteroatoms. The zero-order valence-electron chi connectivity index (χ0n) is 11.8. The molecule has 4 nitrogen and oxygen atoms in total. The first kappa shape index (κ1) is 14.5. The van der Waals surface area contributed by atoms with E-state index in [1.54, 1.807) is 0 Å².